The Labute approximate surface area is 68.6 Å². The maximum Gasteiger partial charge on any atom is 0.115 e. The van der Waals surface area contributed by atoms with Crippen LogP contribution in [0.25, 0.3) is 0 Å². The summed E-state index contributed by atoms with van der Waals surface area (Å²) in [5, 5.41) is 0. The van der Waals surface area contributed by atoms with Crippen molar-refractivity contribution in [2.75, 3.05) is 13.1 Å². The molecule has 0 aromatic rings. The van der Waals surface area contributed by atoms with E-state index < -0.39 is 6.17 Å². The Morgan fingerprint density at radius 3 is 2.55 bits per heavy atom. The number of hydrogen-bond acceptors (Lipinski definition) is 1. The van der Waals surface area contributed by atoms with Crippen molar-refractivity contribution < 1.29 is 4.39 Å². The van der Waals surface area contributed by atoms with Gasteiger partial charge in [-0.2, -0.15) is 0 Å². The highest BCUT2D eigenvalue weighted by Gasteiger charge is 2.26. The van der Waals surface area contributed by atoms with E-state index in [0.29, 0.717) is 12.6 Å². The van der Waals surface area contributed by atoms with E-state index in [4.69, 9.17) is 0 Å². The van der Waals surface area contributed by atoms with Gasteiger partial charge < -0.3 is 0 Å². The fraction of sp³-hybridized carbons (Fsp3) is 1.00. The van der Waals surface area contributed by atoms with E-state index in [1.807, 2.05) is 6.92 Å². The molecule has 1 fully saturated rings. The van der Waals surface area contributed by atoms with Gasteiger partial charge in [0.2, 0.25) is 0 Å². The van der Waals surface area contributed by atoms with Gasteiger partial charge in [-0.05, 0) is 32.7 Å². The highest BCUT2D eigenvalue weighted by molar-refractivity contribution is 4.79. The SMILES string of the molecule is CC(C)N1CC[C@@H](C)[C@H](F)C1. The van der Waals surface area contributed by atoms with Gasteiger partial charge in [-0.3, -0.25) is 4.90 Å². The molecule has 1 rings (SSSR count). The smallest absolute Gasteiger partial charge is 0.115 e. The van der Waals surface area contributed by atoms with Gasteiger partial charge in [-0.1, -0.05) is 6.92 Å². The molecule has 0 unspecified atom stereocenters. The molecule has 0 N–H and O–H groups in total. The van der Waals surface area contributed by atoms with Gasteiger partial charge in [0.1, 0.15) is 6.17 Å². The first kappa shape index (κ1) is 8.98. The second kappa shape index (κ2) is 3.53. The zero-order valence-corrected chi connectivity index (χ0v) is 7.68. The maximum absolute atomic E-state index is 13.1. The van der Waals surface area contributed by atoms with E-state index in [2.05, 4.69) is 18.7 Å². The van der Waals surface area contributed by atoms with Crippen molar-refractivity contribution in [2.24, 2.45) is 5.92 Å². The van der Waals surface area contributed by atoms with Crippen molar-refractivity contribution >= 4 is 0 Å². The van der Waals surface area contributed by atoms with Crippen molar-refractivity contribution in [3.05, 3.63) is 0 Å². The molecule has 0 amide bonds. The second-order valence-electron chi connectivity index (χ2n) is 3.87. The molecular weight excluding hydrogens is 141 g/mol. The zero-order chi connectivity index (χ0) is 8.43. The molecule has 66 valence electrons. The molecule has 0 bridgehead atoms. The van der Waals surface area contributed by atoms with E-state index >= 15 is 0 Å². The summed E-state index contributed by atoms with van der Waals surface area (Å²) in [5.74, 6) is 0.269. The van der Waals surface area contributed by atoms with Crippen LogP contribution in [0.15, 0.2) is 0 Å². The van der Waals surface area contributed by atoms with Gasteiger partial charge >= 0.3 is 0 Å². The maximum atomic E-state index is 13.1. The van der Waals surface area contributed by atoms with Crippen LogP contribution in [-0.4, -0.2) is 30.2 Å². The highest BCUT2D eigenvalue weighted by atomic mass is 19.1. The first-order chi connectivity index (χ1) is 5.11. The lowest BCUT2D eigenvalue weighted by Crippen LogP contribution is -2.44. The number of hydrogen-bond donors (Lipinski definition) is 0. The number of rotatable bonds is 1. The molecule has 0 aromatic heterocycles. The van der Waals surface area contributed by atoms with Crippen LogP contribution in [0.2, 0.25) is 0 Å². The normalized spacial score (nSPS) is 34.6. The Kier molecular flexibility index (Phi) is 2.88. The van der Waals surface area contributed by atoms with E-state index in [9.17, 15) is 4.39 Å². The molecule has 11 heavy (non-hydrogen) atoms. The summed E-state index contributed by atoms with van der Waals surface area (Å²) < 4.78 is 13.1. The lowest BCUT2D eigenvalue weighted by atomic mass is 9.96. The first-order valence-electron chi connectivity index (χ1n) is 4.49. The summed E-state index contributed by atoms with van der Waals surface area (Å²) in [6, 6.07) is 0.501. The van der Waals surface area contributed by atoms with Crippen LogP contribution in [0.1, 0.15) is 27.2 Å². The molecule has 0 radical (unpaired) electrons. The van der Waals surface area contributed by atoms with Crippen molar-refractivity contribution in [1.82, 2.24) is 4.90 Å². The Morgan fingerprint density at radius 2 is 2.09 bits per heavy atom. The van der Waals surface area contributed by atoms with Gasteiger partial charge in [0.15, 0.2) is 0 Å². The molecule has 1 aliphatic heterocycles. The standard InChI is InChI=1S/C9H18FN/c1-7(2)11-5-4-8(3)9(10)6-11/h7-9H,4-6H2,1-3H3/t8-,9-/m1/s1. The largest absolute Gasteiger partial charge is 0.298 e. The van der Waals surface area contributed by atoms with Crippen molar-refractivity contribution in [2.45, 2.75) is 39.4 Å². The van der Waals surface area contributed by atoms with Crippen LogP contribution in [-0.2, 0) is 0 Å². The minimum Gasteiger partial charge on any atom is -0.298 e. The third kappa shape index (κ3) is 2.16. The molecule has 1 aliphatic rings. The Morgan fingerprint density at radius 1 is 1.45 bits per heavy atom. The van der Waals surface area contributed by atoms with E-state index in [1.165, 1.54) is 0 Å². The topological polar surface area (TPSA) is 3.24 Å². The first-order valence-corrected chi connectivity index (χ1v) is 4.49. The van der Waals surface area contributed by atoms with Crippen LogP contribution in [0.4, 0.5) is 4.39 Å². The molecule has 0 spiro atoms. The number of alkyl halides is 1. The fourth-order valence-corrected chi connectivity index (χ4v) is 1.51. The molecule has 2 atom stereocenters. The van der Waals surface area contributed by atoms with Crippen LogP contribution in [0, 0.1) is 5.92 Å². The van der Waals surface area contributed by atoms with Gasteiger partial charge in [0.05, 0.1) is 0 Å². The number of likely N-dealkylation sites (tertiary alicyclic amines) is 1. The van der Waals surface area contributed by atoms with E-state index in [1.54, 1.807) is 0 Å². The van der Waals surface area contributed by atoms with Crippen molar-refractivity contribution in [3.8, 4) is 0 Å². The van der Waals surface area contributed by atoms with E-state index in [0.717, 1.165) is 13.0 Å². The molecule has 0 saturated carbocycles. The second-order valence-corrected chi connectivity index (χ2v) is 3.87. The van der Waals surface area contributed by atoms with Gasteiger partial charge in [-0.25, -0.2) is 4.39 Å². The highest BCUT2D eigenvalue weighted by Crippen LogP contribution is 2.20. The molecule has 2 heteroatoms. The van der Waals surface area contributed by atoms with Crippen LogP contribution >= 0.6 is 0 Å². The van der Waals surface area contributed by atoms with Crippen molar-refractivity contribution in [1.29, 1.82) is 0 Å². The Bertz CT molecular complexity index is 125. The zero-order valence-electron chi connectivity index (χ0n) is 7.68. The predicted octanol–water partition coefficient (Wildman–Crippen LogP) is 2.07. The summed E-state index contributed by atoms with van der Waals surface area (Å²) in [7, 11) is 0. The lowest BCUT2D eigenvalue weighted by Gasteiger charge is -2.35. The lowest BCUT2D eigenvalue weighted by molar-refractivity contribution is 0.0730. The van der Waals surface area contributed by atoms with Gasteiger partial charge in [-0.15, -0.1) is 0 Å². The predicted molar refractivity (Wildman–Crippen MR) is 45.4 cm³/mol. The third-order valence-electron chi connectivity index (χ3n) is 2.63. The average molecular weight is 159 g/mol. The number of nitrogens with zero attached hydrogens (tertiary/aromatic N) is 1. The van der Waals surface area contributed by atoms with Gasteiger partial charge in [0.25, 0.3) is 0 Å². The molecule has 1 saturated heterocycles. The molecular formula is C9H18FN. The van der Waals surface area contributed by atoms with Crippen LogP contribution < -0.4 is 0 Å². The summed E-state index contributed by atoms with van der Waals surface area (Å²) >= 11 is 0. The fourth-order valence-electron chi connectivity index (χ4n) is 1.51. The Hall–Kier alpha value is -0.110. The van der Waals surface area contributed by atoms with Crippen LogP contribution in [0.3, 0.4) is 0 Å². The summed E-state index contributed by atoms with van der Waals surface area (Å²) in [6.07, 6.45) is 0.408. The minimum absolute atomic E-state index is 0.269. The molecule has 0 aromatic carbocycles. The monoisotopic (exact) mass is 159 g/mol. The number of halogens is 1. The van der Waals surface area contributed by atoms with Gasteiger partial charge in [0, 0.05) is 12.6 Å². The summed E-state index contributed by atoms with van der Waals surface area (Å²) in [6.45, 7) is 7.96. The minimum atomic E-state index is -0.605. The molecule has 1 nitrogen and oxygen atoms in total. The Balaban J connectivity index is 2.40. The van der Waals surface area contributed by atoms with Crippen molar-refractivity contribution in [3.63, 3.8) is 0 Å². The number of piperidine rings is 1. The molecule has 1 heterocycles. The van der Waals surface area contributed by atoms with Crippen LogP contribution in [0.5, 0.6) is 0 Å². The molecule has 0 aliphatic carbocycles. The third-order valence-corrected chi connectivity index (χ3v) is 2.63. The quantitative estimate of drug-likeness (QED) is 0.566. The summed E-state index contributed by atoms with van der Waals surface area (Å²) in [5.41, 5.74) is 0. The summed E-state index contributed by atoms with van der Waals surface area (Å²) in [4.78, 5) is 2.21. The average Bonchev–Trinajstić information content (AvgIpc) is 1.94. The van der Waals surface area contributed by atoms with E-state index in [-0.39, 0.29) is 5.92 Å².